The summed E-state index contributed by atoms with van der Waals surface area (Å²) < 4.78 is 67.2. The molecule has 0 radical (unpaired) electrons. The second kappa shape index (κ2) is 7.84. The zero-order valence-corrected chi connectivity index (χ0v) is 17.2. The summed E-state index contributed by atoms with van der Waals surface area (Å²) in [6.07, 6.45) is -4.26. The lowest BCUT2D eigenvalue weighted by Gasteiger charge is -2.09. The van der Waals surface area contributed by atoms with Crippen molar-refractivity contribution in [2.45, 2.75) is 31.0 Å². The van der Waals surface area contributed by atoms with Crippen LogP contribution in [0.5, 0.6) is 0 Å². The number of halogens is 4. The second-order valence-corrected chi connectivity index (χ2v) is 8.79. The number of nitrogens with zero attached hydrogens (tertiary/aromatic N) is 2. The third-order valence-corrected chi connectivity index (χ3v) is 6.68. The van der Waals surface area contributed by atoms with Gasteiger partial charge < -0.3 is 0 Å². The van der Waals surface area contributed by atoms with Gasteiger partial charge in [-0.05, 0) is 52.2 Å². The molecule has 3 aromatic rings. The summed E-state index contributed by atoms with van der Waals surface area (Å²) in [6.45, 7) is 1.75. The van der Waals surface area contributed by atoms with Crippen molar-refractivity contribution >= 4 is 36.7 Å². The van der Waals surface area contributed by atoms with Gasteiger partial charge in [0.2, 0.25) is 10.0 Å². The highest BCUT2D eigenvalue weighted by Gasteiger charge is 2.37. The van der Waals surface area contributed by atoms with Gasteiger partial charge in [-0.25, -0.2) is 13.1 Å². The third kappa shape index (κ3) is 4.39. The maximum atomic E-state index is 12.9. The maximum Gasteiger partial charge on any atom is 0.436 e. The normalized spacial score (nSPS) is 12.6. The van der Waals surface area contributed by atoms with E-state index in [1.54, 1.807) is 12.1 Å². The summed E-state index contributed by atoms with van der Waals surface area (Å²) >= 11 is 2.91. The fraction of sp³-hybridized carbons (Fsp3) is 0.278. The molecular formula is C18H17BrF3N3O2S. The maximum absolute atomic E-state index is 12.9. The second-order valence-electron chi connectivity index (χ2n) is 6.23. The largest absolute Gasteiger partial charge is 0.436 e. The molecule has 0 amide bonds. The number of benzene rings is 2. The first kappa shape index (κ1) is 20.8. The Balaban J connectivity index is 1.64. The Morgan fingerprint density at radius 1 is 1.14 bits per heavy atom. The van der Waals surface area contributed by atoms with Crippen LogP contribution in [0.1, 0.15) is 17.8 Å². The molecule has 0 bridgehead atoms. The molecule has 1 heterocycles. The summed E-state index contributed by atoms with van der Waals surface area (Å²) in [4.78, 5) is 0.142. The zero-order chi connectivity index (χ0) is 20.5. The zero-order valence-electron chi connectivity index (χ0n) is 14.8. The molecule has 10 heteroatoms. The van der Waals surface area contributed by atoms with E-state index in [0.717, 1.165) is 10.8 Å². The van der Waals surface area contributed by atoms with Crippen molar-refractivity contribution in [3.8, 4) is 0 Å². The molecule has 0 aliphatic rings. The van der Waals surface area contributed by atoms with Crippen molar-refractivity contribution in [1.82, 2.24) is 14.5 Å². The fourth-order valence-corrected chi connectivity index (χ4v) is 4.39. The van der Waals surface area contributed by atoms with Crippen LogP contribution in [-0.4, -0.2) is 24.7 Å². The monoisotopic (exact) mass is 475 g/mol. The summed E-state index contributed by atoms with van der Waals surface area (Å²) in [7, 11) is -3.71. The molecule has 0 unspecified atom stereocenters. The molecule has 0 fully saturated rings. The standard InChI is InChI=1S/C18H17BrF3N3O2S/c1-12-16(19)17(18(20,21)22)24-25(12)10-4-9-23-28(26,27)15-8-7-13-5-2-3-6-14(13)11-15/h2-3,5-8,11,23H,4,9-10H2,1H3. The van der Waals surface area contributed by atoms with E-state index < -0.39 is 21.9 Å². The molecule has 1 aromatic heterocycles. The van der Waals surface area contributed by atoms with E-state index in [-0.39, 0.29) is 22.5 Å². The van der Waals surface area contributed by atoms with Crippen molar-refractivity contribution in [1.29, 1.82) is 0 Å². The Labute approximate surface area is 168 Å². The molecule has 28 heavy (non-hydrogen) atoms. The Morgan fingerprint density at radius 2 is 1.82 bits per heavy atom. The number of rotatable bonds is 6. The number of hydrogen-bond donors (Lipinski definition) is 1. The smallest absolute Gasteiger partial charge is 0.268 e. The van der Waals surface area contributed by atoms with Gasteiger partial charge in [0.25, 0.3) is 0 Å². The van der Waals surface area contributed by atoms with Crippen LogP contribution in [0.3, 0.4) is 0 Å². The van der Waals surface area contributed by atoms with Crippen LogP contribution >= 0.6 is 15.9 Å². The highest BCUT2D eigenvalue weighted by molar-refractivity contribution is 9.10. The minimum Gasteiger partial charge on any atom is -0.268 e. The lowest BCUT2D eigenvalue weighted by molar-refractivity contribution is -0.142. The van der Waals surface area contributed by atoms with Crippen molar-refractivity contribution in [3.05, 3.63) is 58.3 Å². The fourth-order valence-electron chi connectivity index (χ4n) is 2.78. The number of fused-ring (bicyclic) bond motifs is 1. The average Bonchev–Trinajstić information content (AvgIpc) is 2.93. The van der Waals surface area contributed by atoms with E-state index in [1.165, 1.54) is 17.7 Å². The molecule has 5 nitrogen and oxygen atoms in total. The van der Waals surface area contributed by atoms with Gasteiger partial charge >= 0.3 is 6.18 Å². The number of aryl methyl sites for hydroxylation is 1. The lowest BCUT2D eigenvalue weighted by Crippen LogP contribution is -2.25. The van der Waals surface area contributed by atoms with Crippen molar-refractivity contribution in [2.75, 3.05) is 6.54 Å². The van der Waals surface area contributed by atoms with Gasteiger partial charge in [-0.2, -0.15) is 18.3 Å². The Hall–Kier alpha value is -1.91. The number of alkyl halides is 3. The molecule has 0 aliphatic carbocycles. The predicted octanol–water partition coefficient (Wildman–Crippen LogP) is 4.49. The Morgan fingerprint density at radius 3 is 2.46 bits per heavy atom. The predicted molar refractivity (Wildman–Crippen MR) is 103 cm³/mol. The number of hydrogen-bond acceptors (Lipinski definition) is 3. The first-order chi connectivity index (χ1) is 13.1. The van der Waals surface area contributed by atoms with Crippen LogP contribution in [0.25, 0.3) is 10.8 Å². The van der Waals surface area contributed by atoms with Gasteiger partial charge in [0.15, 0.2) is 5.69 Å². The first-order valence-corrected chi connectivity index (χ1v) is 10.7. The summed E-state index contributed by atoms with van der Waals surface area (Å²) in [5.41, 5.74) is -0.647. The molecule has 0 aliphatic heterocycles. The minimum absolute atomic E-state index is 0.0768. The van der Waals surface area contributed by atoms with E-state index in [4.69, 9.17) is 0 Å². The lowest BCUT2D eigenvalue weighted by atomic mass is 10.1. The molecule has 0 atom stereocenters. The summed E-state index contributed by atoms with van der Waals surface area (Å²) in [6, 6.07) is 12.2. The van der Waals surface area contributed by atoms with E-state index >= 15 is 0 Å². The van der Waals surface area contributed by atoms with E-state index in [1.807, 2.05) is 24.3 Å². The Kier molecular flexibility index (Phi) is 5.83. The van der Waals surface area contributed by atoms with Gasteiger partial charge in [0, 0.05) is 13.1 Å². The van der Waals surface area contributed by atoms with Gasteiger partial charge in [0.05, 0.1) is 15.1 Å². The molecule has 0 spiro atoms. The summed E-state index contributed by atoms with van der Waals surface area (Å²) in [5.74, 6) is 0. The number of nitrogens with one attached hydrogen (secondary N) is 1. The first-order valence-electron chi connectivity index (χ1n) is 8.38. The summed E-state index contributed by atoms with van der Waals surface area (Å²) in [5, 5.41) is 5.31. The van der Waals surface area contributed by atoms with Crippen LogP contribution in [0.4, 0.5) is 13.2 Å². The van der Waals surface area contributed by atoms with Crippen LogP contribution in [0.15, 0.2) is 51.8 Å². The molecular weight excluding hydrogens is 459 g/mol. The molecule has 0 saturated heterocycles. The van der Waals surface area contributed by atoms with Gasteiger partial charge in [-0.15, -0.1) is 0 Å². The molecule has 1 N–H and O–H groups in total. The van der Waals surface area contributed by atoms with Gasteiger partial charge in [0.1, 0.15) is 0 Å². The quantitative estimate of drug-likeness (QED) is 0.534. The van der Waals surface area contributed by atoms with E-state index in [9.17, 15) is 21.6 Å². The topological polar surface area (TPSA) is 64.0 Å². The van der Waals surface area contributed by atoms with Crippen molar-refractivity contribution in [2.24, 2.45) is 0 Å². The number of aromatic nitrogens is 2. The van der Waals surface area contributed by atoms with Crippen LogP contribution in [0.2, 0.25) is 0 Å². The average molecular weight is 476 g/mol. The molecule has 150 valence electrons. The van der Waals surface area contributed by atoms with Gasteiger partial charge in [-0.3, -0.25) is 4.68 Å². The van der Waals surface area contributed by atoms with Crippen molar-refractivity contribution < 1.29 is 21.6 Å². The van der Waals surface area contributed by atoms with E-state index in [2.05, 4.69) is 25.8 Å². The van der Waals surface area contributed by atoms with Gasteiger partial charge in [-0.1, -0.05) is 30.3 Å². The van der Waals surface area contributed by atoms with Crippen molar-refractivity contribution in [3.63, 3.8) is 0 Å². The minimum atomic E-state index is -4.55. The van der Waals surface area contributed by atoms with E-state index in [0.29, 0.717) is 12.1 Å². The third-order valence-electron chi connectivity index (χ3n) is 4.27. The molecule has 2 aromatic carbocycles. The Bertz CT molecular complexity index is 1110. The highest BCUT2D eigenvalue weighted by Crippen LogP contribution is 2.35. The van der Waals surface area contributed by atoms with Crippen LogP contribution in [-0.2, 0) is 22.7 Å². The van der Waals surface area contributed by atoms with Crippen LogP contribution < -0.4 is 4.72 Å². The molecule has 0 saturated carbocycles. The highest BCUT2D eigenvalue weighted by atomic mass is 79.9. The van der Waals surface area contributed by atoms with Crippen LogP contribution in [0, 0.1) is 6.92 Å². The molecule has 3 rings (SSSR count). The SMILES string of the molecule is Cc1c(Br)c(C(F)(F)F)nn1CCCNS(=O)(=O)c1ccc2ccccc2c1. The number of sulfonamides is 1.